The quantitative estimate of drug-likeness (QED) is 0.863. The largest absolute Gasteiger partial charge is 0.493 e. The third kappa shape index (κ3) is 3.30. The first-order chi connectivity index (χ1) is 10.7. The molecule has 1 amide bonds. The lowest BCUT2D eigenvalue weighted by molar-refractivity contribution is -0.132. The summed E-state index contributed by atoms with van der Waals surface area (Å²) in [4.78, 5) is 14.2. The standard InChI is InChI=1S/C17H21N3O2/c1-13-5-2-3-6-16(13)22-10-4-7-17(21)20-9-8-15-14(12-20)11-18-19-15/h2-3,5-6,11H,4,7-10,12H2,1H3,(H,18,19). The lowest BCUT2D eigenvalue weighted by Gasteiger charge is -2.26. The number of aromatic amines is 1. The SMILES string of the molecule is Cc1ccccc1OCCCC(=O)N1CCc2[nH]ncc2C1. The van der Waals surface area contributed by atoms with Gasteiger partial charge in [-0.05, 0) is 25.0 Å². The van der Waals surface area contributed by atoms with Crippen LogP contribution in [0, 0.1) is 6.92 Å². The molecule has 22 heavy (non-hydrogen) atoms. The van der Waals surface area contributed by atoms with Crippen molar-refractivity contribution in [3.8, 4) is 5.75 Å². The number of aryl methyl sites for hydroxylation is 1. The zero-order valence-electron chi connectivity index (χ0n) is 12.8. The second kappa shape index (κ2) is 6.64. The molecule has 2 heterocycles. The monoisotopic (exact) mass is 299 g/mol. The topological polar surface area (TPSA) is 58.2 Å². The minimum Gasteiger partial charge on any atom is -0.493 e. The Morgan fingerprint density at radius 1 is 1.41 bits per heavy atom. The Bertz CT molecular complexity index is 651. The zero-order chi connectivity index (χ0) is 15.4. The second-order valence-corrected chi connectivity index (χ2v) is 5.66. The van der Waals surface area contributed by atoms with E-state index in [0.29, 0.717) is 19.6 Å². The summed E-state index contributed by atoms with van der Waals surface area (Å²) in [6.07, 6.45) is 3.94. The van der Waals surface area contributed by atoms with Gasteiger partial charge in [-0.15, -0.1) is 0 Å². The fourth-order valence-corrected chi connectivity index (χ4v) is 2.72. The molecule has 3 rings (SSSR count). The molecule has 5 heteroatoms. The van der Waals surface area contributed by atoms with E-state index >= 15 is 0 Å². The minimum atomic E-state index is 0.195. The van der Waals surface area contributed by atoms with Crippen LogP contribution in [0.2, 0.25) is 0 Å². The van der Waals surface area contributed by atoms with E-state index in [1.807, 2.05) is 42.3 Å². The first-order valence-electron chi connectivity index (χ1n) is 7.71. The molecule has 5 nitrogen and oxygen atoms in total. The molecule has 116 valence electrons. The van der Waals surface area contributed by atoms with Gasteiger partial charge < -0.3 is 9.64 Å². The van der Waals surface area contributed by atoms with Crippen LogP contribution in [0.5, 0.6) is 5.75 Å². The number of rotatable bonds is 5. The number of carbonyl (C=O) groups excluding carboxylic acids is 1. The molecule has 0 spiro atoms. The van der Waals surface area contributed by atoms with Crippen molar-refractivity contribution in [2.24, 2.45) is 0 Å². The van der Waals surface area contributed by atoms with Crippen molar-refractivity contribution in [3.63, 3.8) is 0 Å². The summed E-state index contributed by atoms with van der Waals surface area (Å²) in [5, 5.41) is 7.02. The molecule has 1 aromatic carbocycles. The van der Waals surface area contributed by atoms with Gasteiger partial charge in [0.2, 0.25) is 5.91 Å². The van der Waals surface area contributed by atoms with Gasteiger partial charge >= 0.3 is 0 Å². The average molecular weight is 299 g/mol. The van der Waals surface area contributed by atoms with Crippen LogP contribution in [0.4, 0.5) is 0 Å². The van der Waals surface area contributed by atoms with Gasteiger partial charge in [0.1, 0.15) is 5.75 Å². The van der Waals surface area contributed by atoms with Gasteiger partial charge in [0.15, 0.2) is 0 Å². The molecule has 1 aromatic heterocycles. The summed E-state index contributed by atoms with van der Waals surface area (Å²) < 4.78 is 5.73. The van der Waals surface area contributed by atoms with Gasteiger partial charge in [0.25, 0.3) is 0 Å². The Labute approximate surface area is 130 Å². The Morgan fingerprint density at radius 2 is 2.27 bits per heavy atom. The van der Waals surface area contributed by atoms with Crippen molar-refractivity contribution in [1.82, 2.24) is 15.1 Å². The third-order valence-corrected chi connectivity index (χ3v) is 4.04. The normalized spacial score (nSPS) is 13.8. The summed E-state index contributed by atoms with van der Waals surface area (Å²) >= 11 is 0. The van der Waals surface area contributed by atoms with Gasteiger partial charge in [-0.25, -0.2) is 0 Å². The van der Waals surface area contributed by atoms with E-state index in [0.717, 1.165) is 42.0 Å². The molecular weight excluding hydrogens is 278 g/mol. The molecule has 0 radical (unpaired) electrons. The van der Waals surface area contributed by atoms with Crippen molar-refractivity contribution in [3.05, 3.63) is 47.3 Å². The molecule has 0 aliphatic carbocycles. The first-order valence-corrected chi connectivity index (χ1v) is 7.71. The molecule has 0 fully saturated rings. The predicted octanol–water partition coefficient (Wildman–Crippen LogP) is 2.46. The Kier molecular flexibility index (Phi) is 4.42. The van der Waals surface area contributed by atoms with Crippen LogP contribution in [0.1, 0.15) is 29.7 Å². The molecule has 1 N–H and O–H groups in total. The van der Waals surface area contributed by atoms with Crippen molar-refractivity contribution < 1.29 is 9.53 Å². The third-order valence-electron chi connectivity index (χ3n) is 4.04. The van der Waals surface area contributed by atoms with Crippen LogP contribution in [0.25, 0.3) is 0 Å². The van der Waals surface area contributed by atoms with Gasteiger partial charge in [0.05, 0.1) is 12.8 Å². The second-order valence-electron chi connectivity index (χ2n) is 5.66. The predicted molar refractivity (Wildman–Crippen MR) is 83.6 cm³/mol. The molecule has 1 aliphatic rings. The molecule has 0 atom stereocenters. The van der Waals surface area contributed by atoms with Crippen LogP contribution in [0.15, 0.2) is 30.5 Å². The Morgan fingerprint density at radius 3 is 3.14 bits per heavy atom. The summed E-state index contributed by atoms with van der Waals surface area (Å²) in [6.45, 7) is 4.04. The van der Waals surface area contributed by atoms with Crippen LogP contribution >= 0.6 is 0 Å². The molecular formula is C17H21N3O2. The number of para-hydroxylation sites is 1. The van der Waals surface area contributed by atoms with Crippen LogP contribution in [-0.4, -0.2) is 34.2 Å². The lowest BCUT2D eigenvalue weighted by Crippen LogP contribution is -2.35. The van der Waals surface area contributed by atoms with Crippen LogP contribution in [0.3, 0.4) is 0 Å². The lowest BCUT2D eigenvalue weighted by atomic mass is 10.1. The minimum absolute atomic E-state index is 0.195. The van der Waals surface area contributed by atoms with Gasteiger partial charge in [-0.1, -0.05) is 18.2 Å². The van der Waals surface area contributed by atoms with E-state index in [9.17, 15) is 4.79 Å². The molecule has 0 saturated heterocycles. The Hall–Kier alpha value is -2.30. The molecule has 0 saturated carbocycles. The van der Waals surface area contributed by atoms with Crippen LogP contribution < -0.4 is 4.74 Å². The van der Waals surface area contributed by atoms with E-state index in [4.69, 9.17) is 4.74 Å². The van der Waals surface area contributed by atoms with Crippen molar-refractivity contribution in [2.75, 3.05) is 13.2 Å². The number of hydrogen-bond donors (Lipinski definition) is 1. The van der Waals surface area contributed by atoms with Gasteiger partial charge in [-0.2, -0.15) is 5.10 Å². The number of H-pyrrole nitrogens is 1. The number of ether oxygens (including phenoxy) is 1. The smallest absolute Gasteiger partial charge is 0.223 e. The number of nitrogens with one attached hydrogen (secondary N) is 1. The highest BCUT2D eigenvalue weighted by Crippen LogP contribution is 2.18. The van der Waals surface area contributed by atoms with E-state index in [1.54, 1.807) is 0 Å². The summed E-state index contributed by atoms with van der Waals surface area (Å²) in [7, 11) is 0. The van der Waals surface area contributed by atoms with Gasteiger partial charge in [0, 0.05) is 37.2 Å². The van der Waals surface area contributed by atoms with Crippen molar-refractivity contribution >= 4 is 5.91 Å². The van der Waals surface area contributed by atoms with Crippen molar-refractivity contribution in [1.29, 1.82) is 0 Å². The van der Waals surface area contributed by atoms with E-state index < -0.39 is 0 Å². The van der Waals surface area contributed by atoms with E-state index in [1.165, 1.54) is 0 Å². The summed E-state index contributed by atoms with van der Waals surface area (Å²) in [5.41, 5.74) is 3.42. The zero-order valence-corrected chi connectivity index (χ0v) is 12.8. The molecule has 1 aliphatic heterocycles. The fraction of sp³-hybridized carbons (Fsp3) is 0.412. The summed E-state index contributed by atoms with van der Waals surface area (Å²) in [6, 6.07) is 7.94. The maximum atomic E-state index is 12.2. The highest BCUT2D eigenvalue weighted by molar-refractivity contribution is 5.76. The Balaban J connectivity index is 1.43. The first kappa shape index (κ1) is 14.6. The van der Waals surface area contributed by atoms with Crippen molar-refractivity contribution in [2.45, 2.75) is 32.7 Å². The highest BCUT2D eigenvalue weighted by Gasteiger charge is 2.21. The maximum absolute atomic E-state index is 12.2. The molecule has 2 aromatic rings. The maximum Gasteiger partial charge on any atom is 0.223 e. The average Bonchev–Trinajstić information content (AvgIpc) is 3.00. The van der Waals surface area contributed by atoms with Crippen LogP contribution in [-0.2, 0) is 17.8 Å². The summed E-state index contributed by atoms with van der Waals surface area (Å²) in [5.74, 6) is 1.09. The highest BCUT2D eigenvalue weighted by atomic mass is 16.5. The number of benzene rings is 1. The van der Waals surface area contributed by atoms with E-state index in [2.05, 4.69) is 10.2 Å². The van der Waals surface area contributed by atoms with Gasteiger partial charge in [-0.3, -0.25) is 9.89 Å². The number of hydrogen-bond acceptors (Lipinski definition) is 3. The number of fused-ring (bicyclic) bond motifs is 1. The van der Waals surface area contributed by atoms with E-state index in [-0.39, 0.29) is 5.91 Å². The molecule has 0 bridgehead atoms. The fourth-order valence-electron chi connectivity index (χ4n) is 2.72. The number of nitrogens with zero attached hydrogens (tertiary/aromatic N) is 2. The number of carbonyl (C=O) groups is 1. The molecule has 0 unspecified atom stereocenters. The number of aromatic nitrogens is 2. The number of amides is 1.